The van der Waals surface area contributed by atoms with E-state index in [4.69, 9.17) is 21.1 Å². The molecule has 1 amide bonds. The van der Waals surface area contributed by atoms with Crippen molar-refractivity contribution in [2.75, 3.05) is 19.5 Å². The van der Waals surface area contributed by atoms with Crippen LogP contribution in [0.1, 0.15) is 10.4 Å². The zero-order valence-corrected chi connectivity index (χ0v) is 11.6. The number of aromatic nitrogens is 2. The van der Waals surface area contributed by atoms with Gasteiger partial charge in [0.2, 0.25) is 11.8 Å². The van der Waals surface area contributed by atoms with Gasteiger partial charge in [0, 0.05) is 12.3 Å². The number of pyridine rings is 2. The van der Waals surface area contributed by atoms with E-state index in [9.17, 15) is 4.79 Å². The summed E-state index contributed by atoms with van der Waals surface area (Å²) in [6.07, 6.45) is 1.54. The highest BCUT2D eigenvalue weighted by Gasteiger charge is 2.16. The first-order chi connectivity index (χ1) is 9.65. The predicted molar refractivity (Wildman–Crippen MR) is 74.5 cm³/mol. The Balaban J connectivity index is 2.27. The normalized spacial score (nSPS) is 9.95. The smallest absolute Gasteiger partial charge is 0.261 e. The predicted octanol–water partition coefficient (Wildman–Crippen LogP) is 2.40. The number of nitrogens with zero attached hydrogens (tertiary/aromatic N) is 2. The van der Waals surface area contributed by atoms with Crippen LogP contribution in [0.3, 0.4) is 0 Å². The van der Waals surface area contributed by atoms with Gasteiger partial charge < -0.3 is 14.8 Å². The summed E-state index contributed by atoms with van der Waals surface area (Å²) in [5.41, 5.74) is 0.685. The molecule has 0 unspecified atom stereocenters. The number of rotatable bonds is 4. The number of amides is 1. The number of nitrogens with one attached hydrogen (secondary N) is 1. The monoisotopic (exact) mass is 293 g/mol. The Morgan fingerprint density at radius 2 is 2.05 bits per heavy atom. The minimum Gasteiger partial charge on any atom is -0.481 e. The molecular weight excluding hydrogens is 282 g/mol. The SMILES string of the molecule is COc1ccc(C(=O)Nc2cccnc2Cl)c(OC)n1. The van der Waals surface area contributed by atoms with Crippen LogP contribution >= 0.6 is 11.6 Å². The molecular formula is C13H12ClN3O3. The second-order valence-electron chi connectivity index (χ2n) is 3.71. The maximum atomic E-state index is 12.2. The Hall–Kier alpha value is -2.34. The van der Waals surface area contributed by atoms with Gasteiger partial charge in [-0.15, -0.1) is 0 Å². The Morgan fingerprint density at radius 3 is 2.70 bits per heavy atom. The van der Waals surface area contributed by atoms with Gasteiger partial charge in [-0.1, -0.05) is 11.6 Å². The first-order valence-corrected chi connectivity index (χ1v) is 6.04. The molecule has 20 heavy (non-hydrogen) atoms. The lowest BCUT2D eigenvalue weighted by atomic mass is 10.2. The molecule has 0 spiro atoms. The fourth-order valence-electron chi connectivity index (χ4n) is 1.53. The van der Waals surface area contributed by atoms with Gasteiger partial charge in [0.05, 0.1) is 19.9 Å². The average Bonchev–Trinajstić information content (AvgIpc) is 2.48. The van der Waals surface area contributed by atoms with Crippen LogP contribution in [-0.2, 0) is 0 Å². The second-order valence-corrected chi connectivity index (χ2v) is 4.06. The summed E-state index contributed by atoms with van der Waals surface area (Å²) in [6.45, 7) is 0. The van der Waals surface area contributed by atoms with Gasteiger partial charge in [0.25, 0.3) is 5.91 Å². The lowest BCUT2D eigenvalue weighted by Crippen LogP contribution is -2.14. The van der Waals surface area contributed by atoms with Gasteiger partial charge in [-0.25, -0.2) is 4.98 Å². The van der Waals surface area contributed by atoms with Gasteiger partial charge >= 0.3 is 0 Å². The maximum Gasteiger partial charge on any atom is 0.261 e. The highest BCUT2D eigenvalue weighted by molar-refractivity contribution is 6.32. The molecule has 2 aromatic heterocycles. The Kier molecular flexibility index (Phi) is 4.37. The minimum absolute atomic E-state index is 0.168. The first kappa shape index (κ1) is 14.1. The summed E-state index contributed by atoms with van der Waals surface area (Å²) in [5, 5.41) is 2.85. The summed E-state index contributed by atoms with van der Waals surface area (Å²) in [6, 6.07) is 6.45. The molecule has 6 nitrogen and oxygen atoms in total. The number of anilines is 1. The number of carbonyl (C=O) groups is 1. The first-order valence-electron chi connectivity index (χ1n) is 5.66. The van der Waals surface area contributed by atoms with Gasteiger partial charge in [-0.05, 0) is 18.2 Å². The molecule has 2 rings (SSSR count). The molecule has 0 saturated heterocycles. The van der Waals surface area contributed by atoms with Crippen LogP contribution in [0.25, 0.3) is 0 Å². The standard InChI is InChI=1S/C13H12ClN3O3/c1-19-10-6-5-8(13(17-10)20-2)12(18)16-9-4-3-7-15-11(9)14/h3-7H,1-2H3,(H,16,18). The van der Waals surface area contributed by atoms with Crippen molar-refractivity contribution in [2.24, 2.45) is 0 Å². The number of carbonyl (C=O) groups excluding carboxylic acids is 1. The van der Waals surface area contributed by atoms with Crippen molar-refractivity contribution in [2.45, 2.75) is 0 Å². The molecule has 0 bridgehead atoms. The molecule has 2 heterocycles. The van der Waals surface area contributed by atoms with Crippen LogP contribution in [0.5, 0.6) is 11.8 Å². The lowest BCUT2D eigenvalue weighted by Gasteiger charge is -2.10. The fraction of sp³-hybridized carbons (Fsp3) is 0.154. The van der Waals surface area contributed by atoms with Crippen molar-refractivity contribution in [1.82, 2.24) is 9.97 Å². The zero-order chi connectivity index (χ0) is 14.5. The molecule has 0 radical (unpaired) electrons. The van der Waals surface area contributed by atoms with E-state index in [0.29, 0.717) is 11.6 Å². The highest BCUT2D eigenvalue weighted by atomic mass is 35.5. The van der Waals surface area contributed by atoms with Gasteiger partial charge in [-0.3, -0.25) is 4.79 Å². The molecule has 0 aliphatic heterocycles. The van der Waals surface area contributed by atoms with Crippen LogP contribution in [-0.4, -0.2) is 30.1 Å². The van der Waals surface area contributed by atoms with Crippen molar-refractivity contribution in [1.29, 1.82) is 0 Å². The summed E-state index contributed by atoms with van der Waals surface area (Å²) in [5.74, 6) is 0.131. The van der Waals surface area contributed by atoms with Gasteiger partial charge in [-0.2, -0.15) is 4.98 Å². The van der Waals surface area contributed by atoms with Crippen molar-refractivity contribution in [3.63, 3.8) is 0 Å². The van der Waals surface area contributed by atoms with Crippen LogP contribution < -0.4 is 14.8 Å². The molecule has 1 N–H and O–H groups in total. The number of methoxy groups -OCH3 is 2. The van der Waals surface area contributed by atoms with Crippen LogP contribution in [0, 0.1) is 0 Å². The molecule has 7 heteroatoms. The molecule has 0 aliphatic rings. The topological polar surface area (TPSA) is 73.3 Å². The fourth-order valence-corrected chi connectivity index (χ4v) is 1.70. The number of hydrogen-bond acceptors (Lipinski definition) is 5. The van der Waals surface area contributed by atoms with Crippen molar-refractivity contribution in [3.8, 4) is 11.8 Å². The van der Waals surface area contributed by atoms with E-state index in [1.165, 1.54) is 20.4 Å². The molecule has 0 aliphatic carbocycles. The summed E-state index contributed by atoms with van der Waals surface area (Å²) in [7, 11) is 2.91. The van der Waals surface area contributed by atoms with E-state index in [1.807, 2.05) is 0 Å². The summed E-state index contributed by atoms with van der Waals surface area (Å²) >= 11 is 5.88. The van der Waals surface area contributed by atoms with Crippen molar-refractivity contribution < 1.29 is 14.3 Å². The molecule has 0 fully saturated rings. The molecule has 0 atom stereocenters. The van der Waals surface area contributed by atoms with E-state index in [-0.39, 0.29) is 16.6 Å². The summed E-state index contributed by atoms with van der Waals surface area (Å²) < 4.78 is 10.1. The van der Waals surface area contributed by atoms with E-state index >= 15 is 0 Å². The number of ether oxygens (including phenoxy) is 2. The van der Waals surface area contributed by atoms with Crippen LogP contribution in [0.2, 0.25) is 5.15 Å². The molecule has 104 valence electrons. The molecule has 0 aromatic carbocycles. The van der Waals surface area contributed by atoms with E-state index in [0.717, 1.165) is 0 Å². The zero-order valence-electron chi connectivity index (χ0n) is 10.9. The Bertz CT molecular complexity index is 634. The number of halogens is 1. The van der Waals surface area contributed by atoms with Crippen molar-refractivity contribution >= 4 is 23.2 Å². The largest absolute Gasteiger partial charge is 0.481 e. The maximum absolute atomic E-state index is 12.2. The highest BCUT2D eigenvalue weighted by Crippen LogP contribution is 2.23. The third-order valence-corrected chi connectivity index (χ3v) is 2.79. The molecule has 2 aromatic rings. The van der Waals surface area contributed by atoms with Crippen LogP contribution in [0.15, 0.2) is 30.5 Å². The minimum atomic E-state index is -0.396. The third kappa shape index (κ3) is 2.97. The Morgan fingerprint density at radius 1 is 1.25 bits per heavy atom. The Labute approximate surface area is 120 Å². The van der Waals surface area contributed by atoms with Crippen LogP contribution in [0.4, 0.5) is 5.69 Å². The molecule has 0 saturated carbocycles. The average molecular weight is 294 g/mol. The second kappa shape index (κ2) is 6.21. The third-order valence-electron chi connectivity index (χ3n) is 2.49. The quantitative estimate of drug-likeness (QED) is 0.876. The van der Waals surface area contributed by atoms with E-state index in [1.54, 1.807) is 24.3 Å². The van der Waals surface area contributed by atoms with Gasteiger partial charge in [0.1, 0.15) is 5.56 Å². The lowest BCUT2D eigenvalue weighted by molar-refractivity contribution is 0.102. The van der Waals surface area contributed by atoms with Crippen molar-refractivity contribution in [3.05, 3.63) is 41.2 Å². The van der Waals surface area contributed by atoms with E-state index < -0.39 is 5.91 Å². The van der Waals surface area contributed by atoms with E-state index in [2.05, 4.69) is 15.3 Å². The van der Waals surface area contributed by atoms with Gasteiger partial charge in [0.15, 0.2) is 5.15 Å². The summed E-state index contributed by atoms with van der Waals surface area (Å²) in [4.78, 5) is 20.1. The number of hydrogen-bond donors (Lipinski definition) is 1.